The van der Waals surface area contributed by atoms with Crippen molar-refractivity contribution in [2.24, 2.45) is 0 Å². The molecule has 17 heavy (non-hydrogen) atoms. The van der Waals surface area contributed by atoms with E-state index in [0.717, 1.165) is 5.56 Å². The van der Waals surface area contributed by atoms with E-state index in [1.165, 1.54) is 0 Å². The third-order valence-corrected chi connectivity index (χ3v) is 2.94. The molecule has 0 heterocycles. The van der Waals surface area contributed by atoms with Gasteiger partial charge in [0.25, 0.3) is 0 Å². The van der Waals surface area contributed by atoms with Crippen LogP contribution < -0.4 is 10.5 Å². The molecule has 0 radical (unpaired) electrons. The topological polar surface area (TPSA) is 35.2 Å². The smallest absolute Gasteiger partial charge is 0.164 e. The molecule has 4 heteroatoms. The molecule has 0 fully saturated rings. The fourth-order valence-corrected chi connectivity index (χ4v) is 1.76. The van der Waals surface area contributed by atoms with Gasteiger partial charge in [-0.05, 0) is 33.6 Å². The Morgan fingerprint density at radius 1 is 1.12 bits per heavy atom. The van der Waals surface area contributed by atoms with Gasteiger partial charge in [0, 0.05) is 0 Å². The Labute approximate surface area is 107 Å². The van der Waals surface area contributed by atoms with Crippen molar-refractivity contribution in [3.8, 4) is 5.75 Å². The van der Waals surface area contributed by atoms with Crippen molar-refractivity contribution in [2.75, 3.05) is 5.73 Å². The highest BCUT2D eigenvalue weighted by Crippen LogP contribution is 2.30. The largest absolute Gasteiger partial charge is 0.487 e. The van der Waals surface area contributed by atoms with Crippen molar-refractivity contribution in [3.63, 3.8) is 0 Å². The Kier molecular flexibility index (Phi) is 3.64. The first-order valence-electron chi connectivity index (χ1n) is 5.08. The summed E-state index contributed by atoms with van der Waals surface area (Å²) in [5, 5.41) is 0. The zero-order valence-corrected chi connectivity index (χ0v) is 10.6. The van der Waals surface area contributed by atoms with Crippen LogP contribution in [0.1, 0.15) is 5.56 Å². The van der Waals surface area contributed by atoms with Crippen molar-refractivity contribution in [2.45, 2.75) is 6.61 Å². The molecule has 0 aliphatic rings. The van der Waals surface area contributed by atoms with Gasteiger partial charge >= 0.3 is 0 Å². The van der Waals surface area contributed by atoms with Gasteiger partial charge < -0.3 is 10.5 Å². The van der Waals surface area contributed by atoms with Crippen LogP contribution in [0.25, 0.3) is 0 Å². The first-order chi connectivity index (χ1) is 8.18. The van der Waals surface area contributed by atoms with Crippen LogP contribution in [0.2, 0.25) is 0 Å². The van der Waals surface area contributed by atoms with Crippen LogP contribution in [0, 0.1) is 5.82 Å². The zero-order valence-electron chi connectivity index (χ0n) is 8.99. The van der Waals surface area contributed by atoms with E-state index in [2.05, 4.69) is 15.9 Å². The van der Waals surface area contributed by atoms with Gasteiger partial charge in [0.1, 0.15) is 18.0 Å². The maximum atomic E-state index is 13.5. The molecule has 0 unspecified atom stereocenters. The summed E-state index contributed by atoms with van der Waals surface area (Å²) < 4.78 is 19.3. The van der Waals surface area contributed by atoms with E-state index in [0.29, 0.717) is 16.8 Å². The highest BCUT2D eigenvalue weighted by atomic mass is 79.9. The molecule has 0 bridgehead atoms. The van der Waals surface area contributed by atoms with E-state index in [-0.39, 0.29) is 5.69 Å². The molecule has 0 spiro atoms. The zero-order chi connectivity index (χ0) is 12.3. The highest BCUT2D eigenvalue weighted by Gasteiger charge is 2.09. The number of hydrogen-bond donors (Lipinski definition) is 1. The molecule has 2 nitrogen and oxygen atoms in total. The van der Waals surface area contributed by atoms with Gasteiger partial charge in [-0.3, -0.25) is 0 Å². The second kappa shape index (κ2) is 5.19. The molecule has 2 aromatic rings. The number of nitrogen functional groups attached to an aromatic ring is 1. The lowest BCUT2D eigenvalue weighted by Gasteiger charge is -2.10. The van der Waals surface area contributed by atoms with Crippen molar-refractivity contribution < 1.29 is 9.13 Å². The summed E-state index contributed by atoms with van der Waals surface area (Å²) in [7, 11) is 0. The maximum Gasteiger partial charge on any atom is 0.164 e. The number of nitrogens with two attached hydrogens (primary N) is 1. The van der Waals surface area contributed by atoms with Crippen LogP contribution in [0.4, 0.5) is 10.1 Å². The molecule has 0 saturated heterocycles. The number of anilines is 1. The Hall–Kier alpha value is -1.55. The summed E-state index contributed by atoms with van der Waals surface area (Å²) >= 11 is 3.07. The van der Waals surface area contributed by atoms with E-state index < -0.39 is 5.82 Å². The summed E-state index contributed by atoms with van der Waals surface area (Å²) in [6.07, 6.45) is 0. The van der Waals surface area contributed by atoms with E-state index in [9.17, 15) is 4.39 Å². The molecule has 0 aliphatic heterocycles. The Balaban J connectivity index is 2.13. The summed E-state index contributed by atoms with van der Waals surface area (Å²) in [6, 6.07) is 12.9. The lowest BCUT2D eigenvalue weighted by Crippen LogP contribution is -2.00. The summed E-state index contributed by atoms with van der Waals surface area (Å²) in [4.78, 5) is 0. The molecule has 0 saturated carbocycles. The molecule has 0 aliphatic carbocycles. The minimum absolute atomic E-state index is 0.0234. The molecular formula is C13H11BrFNO. The van der Waals surface area contributed by atoms with Gasteiger partial charge in [-0.1, -0.05) is 30.3 Å². The lowest BCUT2D eigenvalue weighted by atomic mass is 10.2. The number of ether oxygens (including phenoxy) is 1. The fraction of sp³-hybridized carbons (Fsp3) is 0.0769. The van der Waals surface area contributed by atoms with Crippen molar-refractivity contribution in [1.82, 2.24) is 0 Å². The Bertz CT molecular complexity index is 516. The van der Waals surface area contributed by atoms with E-state index in [4.69, 9.17) is 10.5 Å². The van der Waals surface area contributed by atoms with Crippen molar-refractivity contribution >= 4 is 21.6 Å². The van der Waals surface area contributed by atoms with E-state index >= 15 is 0 Å². The molecule has 2 N–H and O–H groups in total. The number of hydrogen-bond acceptors (Lipinski definition) is 2. The van der Waals surface area contributed by atoms with E-state index in [1.54, 1.807) is 12.1 Å². The third kappa shape index (κ3) is 2.77. The Morgan fingerprint density at radius 2 is 1.82 bits per heavy atom. The Morgan fingerprint density at radius 3 is 2.53 bits per heavy atom. The molecule has 2 rings (SSSR count). The molecular weight excluding hydrogens is 285 g/mol. The maximum absolute atomic E-state index is 13.5. The average molecular weight is 296 g/mol. The summed E-state index contributed by atoms with van der Waals surface area (Å²) in [5.41, 5.74) is 6.65. The lowest BCUT2D eigenvalue weighted by molar-refractivity contribution is 0.306. The molecule has 0 aromatic heterocycles. The monoisotopic (exact) mass is 295 g/mol. The predicted molar refractivity (Wildman–Crippen MR) is 69.3 cm³/mol. The van der Waals surface area contributed by atoms with Crippen LogP contribution in [-0.2, 0) is 6.61 Å². The van der Waals surface area contributed by atoms with Crippen LogP contribution in [0.15, 0.2) is 46.9 Å². The minimum atomic E-state index is -0.490. The molecule has 0 atom stereocenters. The van der Waals surface area contributed by atoms with Gasteiger partial charge in [0.05, 0.1) is 4.47 Å². The van der Waals surface area contributed by atoms with Gasteiger partial charge in [0.15, 0.2) is 5.82 Å². The first-order valence-corrected chi connectivity index (χ1v) is 5.88. The SMILES string of the molecule is Nc1c(OCc2ccccc2)ccc(Br)c1F. The van der Waals surface area contributed by atoms with Gasteiger partial charge in [0.2, 0.25) is 0 Å². The first kappa shape index (κ1) is 11.9. The molecule has 2 aromatic carbocycles. The average Bonchev–Trinajstić information content (AvgIpc) is 2.36. The predicted octanol–water partition coefficient (Wildman–Crippen LogP) is 3.75. The standard InChI is InChI=1S/C13H11BrFNO/c14-10-6-7-11(13(16)12(10)15)17-8-9-4-2-1-3-5-9/h1-7H,8,16H2. The summed E-state index contributed by atoms with van der Waals surface area (Å²) in [6.45, 7) is 0.367. The van der Waals surface area contributed by atoms with Crippen LogP contribution in [0.5, 0.6) is 5.75 Å². The van der Waals surface area contributed by atoms with Crippen LogP contribution >= 0.6 is 15.9 Å². The number of halogens is 2. The number of benzene rings is 2. The summed E-state index contributed by atoms with van der Waals surface area (Å²) in [5.74, 6) is -0.134. The second-order valence-corrected chi connectivity index (χ2v) is 4.40. The second-order valence-electron chi connectivity index (χ2n) is 3.55. The highest BCUT2D eigenvalue weighted by molar-refractivity contribution is 9.10. The fourth-order valence-electron chi connectivity index (χ4n) is 1.41. The third-order valence-electron chi connectivity index (χ3n) is 2.33. The van der Waals surface area contributed by atoms with Crippen LogP contribution in [-0.4, -0.2) is 0 Å². The van der Waals surface area contributed by atoms with Crippen molar-refractivity contribution in [1.29, 1.82) is 0 Å². The van der Waals surface area contributed by atoms with Gasteiger partial charge in [-0.2, -0.15) is 0 Å². The molecule has 0 amide bonds. The normalized spacial score (nSPS) is 10.2. The van der Waals surface area contributed by atoms with Gasteiger partial charge in [-0.25, -0.2) is 4.39 Å². The van der Waals surface area contributed by atoms with Crippen molar-refractivity contribution in [3.05, 3.63) is 58.3 Å². The van der Waals surface area contributed by atoms with E-state index in [1.807, 2.05) is 30.3 Å². The van der Waals surface area contributed by atoms with Crippen LogP contribution in [0.3, 0.4) is 0 Å². The minimum Gasteiger partial charge on any atom is -0.487 e. The number of rotatable bonds is 3. The quantitative estimate of drug-likeness (QED) is 0.875. The van der Waals surface area contributed by atoms with Gasteiger partial charge in [-0.15, -0.1) is 0 Å². The molecule has 88 valence electrons.